The Balaban J connectivity index is 2.01. The van der Waals surface area contributed by atoms with Gasteiger partial charge in [0, 0.05) is 5.02 Å². The van der Waals surface area contributed by atoms with Gasteiger partial charge >= 0.3 is 0 Å². The number of hydrogen-bond acceptors (Lipinski definition) is 3. The summed E-state index contributed by atoms with van der Waals surface area (Å²) < 4.78 is 5.53. The molecule has 1 aromatic carbocycles. The van der Waals surface area contributed by atoms with Crippen LogP contribution in [0.15, 0.2) is 35.7 Å². The molecule has 92 valence electrons. The maximum absolute atomic E-state index is 12.4. The molecule has 1 aliphatic rings. The van der Waals surface area contributed by atoms with Gasteiger partial charge < -0.3 is 9.64 Å². The topological polar surface area (TPSA) is 29.5 Å². The van der Waals surface area contributed by atoms with E-state index in [-0.39, 0.29) is 5.91 Å². The van der Waals surface area contributed by atoms with Gasteiger partial charge in [0.05, 0.1) is 17.1 Å². The van der Waals surface area contributed by atoms with Crippen molar-refractivity contribution in [3.05, 3.63) is 45.6 Å². The first-order valence-electron chi connectivity index (χ1n) is 5.53. The summed E-state index contributed by atoms with van der Waals surface area (Å²) in [6.45, 7) is 1.05. The SMILES string of the molecule is O=C(c1cccs1)N1CCOc2ccc(Cl)cc21. The number of nitrogens with zero attached hydrogens (tertiary/aromatic N) is 1. The highest BCUT2D eigenvalue weighted by molar-refractivity contribution is 7.12. The minimum Gasteiger partial charge on any atom is -0.490 e. The van der Waals surface area contributed by atoms with Crippen LogP contribution in [0.4, 0.5) is 5.69 Å². The highest BCUT2D eigenvalue weighted by Gasteiger charge is 2.25. The zero-order valence-electron chi connectivity index (χ0n) is 9.43. The fourth-order valence-corrected chi connectivity index (χ4v) is 2.77. The summed E-state index contributed by atoms with van der Waals surface area (Å²) >= 11 is 7.42. The Kier molecular flexibility index (Phi) is 2.97. The third-order valence-corrected chi connectivity index (χ3v) is 3.85. The third kappa shape index (κ3) is 1.98. The number of benzene rings is 1. The van der Waals surface area contributed by atoms with E-state index in [4.69, 9.17) is 16.3 Å². The summed E-state index contributed by atoms with van der Waals surface area (Å²) in [5.74, 6) is 0.701. The van der Waals surface area contributed by atoms with Crippen molar-refractivity contribution < 1.29 is 9.53 Å². The smallest absolute Gasteiger partial charge is 0.268 e. The van der Waals surface area contributed by atoms with Gasteiger partial charge in [-0.1, -0.05) is 17.7 Å². The molecular formula is C13H10ClNO2S. The molecule has 2 heterocycles. The van der Waals surface area contributed by atoms with Crippen LogP contribution in [0.5, 0.6) is 5.75 Å². The Hall–Kier alpha value is -1.52. The van der Waals surface area contributed by atoms with E-state index < -0.39 is 0 Å². The summed E-state index contributed by atoms with van der Waals surface area (Å²) in [6.07, 6.45) is 0. The van der Waals surface area contributed by atoms with Crippen LogP contribution in [-0.4, -0.2) is 19.1 Å². The van der Waals surface area contributed by atoms with Crippen LogP contribution in [0.3, 0.4) is 0 Å². The fraction of sp³-hybridized carbons (Fsp3) is 0.154. The van der Waals surface area contributed by atoms with Gasteiger partial charge in [-0.2, -0.15) is 0 Å². The van der Waals surface area contributed by atoms with Crippen molar-refractivity contribution in [3.8, 4) is 5.75 Å². The summed E-state index contributed by atoms with van der Waals surface area (Å²) in [7, 11) is 0. The molecule has 1 amide bonds. The molecule has 3 nitrogen and oxygen atoms in total. The van der Waals surface area contributed by atoms with E-state index in [2.05, 4.69) is 0 Å². The highest BCUT2D eigenvalue weighted by Crippen LogP contribution is 2.35. The van der Waals surface area contributed by atoms with E-state index in [1.807, 2.05) is 17.5 Å². The molecule has 18 heavy (non-hydrogen) atoms. The lowest BCUT2D eigenvalue weighted by Crippen LogP contribution is -2.37. The number of amides is 1. The second-order valence-electron chi connectivity index (χ2n) is 3.89. The molecular weight excluding hydrogens is 270 g/mol. The molecule has 5 heteroatoms. The number of carbonyl (C=O) groups is 1. The van der Waals surface area contributed by atoms with Crippen molar-refractivity contribution in [3.63, 3.8) is 0 Å². The zero-order valence-corrected chi connectivity index (χ0v) is 11.0. The van der Waals surface area contributed by atoms with Crippen LogP contribution in [0.2, 0.25) is 5.02 Å². The van der Waals surface area contributed by atoms with Gasteiger partial charge in [-0.15, -0.1) is 11.3 Å². The molecule has 3 rings (SSSR count). The summed E-state index contributed by atoms with van der Waals surface area (Å²) in [5.41, 5.74) is 0.743. The molecule has 1 aliphatic heterocycles. The maximum Gasteiger partial charge on any atom is 0.268 e. The average molecular weight is 280 g/mol. The van der Waals surface area contributed by atoms with Crippen molar-refractivity contribution in [2.24, 2.45) is 0 Å². The third-order valence-electron chi connectivity index (χ3n) is 2.76. The Morgan fingerprint density at radius 2 is 2.28 bits per heavy atom. The minimum atomic E-state index is -0.00295. The number of rotatable bonds is 1. The van der Waals surface area contributed by atoms with Crippen molar-refractivity contribution in [2.75, 3.05) is 18.1 Å². The molecule has 0 saturated heterocycles. The molecule has 0 unspecified atom stereocenters. The van der Waals surface area contributed by atoms with Gasteiger partial charge in [0.1, 0.15) is 12.4 Å². The van der Waals surface area contributed by atoms with Gasteiger partial charge in [0.15, 0.2) is 0 Å². The first kappa shape index (κ1) is 11.6. The van der Waals surface area contributed by atoms with Crippen LogP contribution in [0.25, 0.3) is 0 Å². The number of ether oxygens (including phenoxy) is 1. The van der Waals surface area contributed by atoms with Crippen molar-refractivity contribution in [1.82, 2.24) is 0 Å². The predicted octanol–water partition coefficient (Wildman–Crippen LogP) is 3.44. The number of carbonyl (C=O) groups excluding carboxylic acids is 1. The van der Waals surface area contributed by atoms with E-state index in [1.54, 1.807) is 23.1 Å². The minimum absolute atomic E-state index is 0.00295. The van der Waals surface area contributed by atoms with E-state index >= 15 is 0 Å². The number of anilines is 1. The normalized spacial score (nSPS) is 13.9. The van der Waals surface area contributed by atoms with Crippen LogP contribution >= 0.6 is 22.9 Å². The van der Waals surface area contributed by atoms with E-state index in [0.29, 0.717) is 23.9 Å². The first-order valence-corrected chi connectivity index (χ1v) is 6.79. The van der Waals surface area contributed by atoms with E-state index in [0.717, 1.165) is 10.6 Å². The lowest BCUT2D eigenvalue weighted by Gasteiger charge is -2.29. The molecule has 2 aromatic rings. The fourth-order valence-electron chi connectivity index (χ4n) is 1.94. The average Bonchev–Trinajstić information content (AvgIpc) is 2.91. The second-order valence-corrected chi connectivity index (χ2v) is 5.28. The molecule has 0 aliphatic carbocycles. The van der Waals surface area contributed by atoms with Crippen LogP contribution in [0, 0.1) is 0 Å². The van der Waals surface area contributed by atoms with Crippen LogP contribution in [0.1, 0.15) is 9.67 Å². The van der Waals surface area contributed by atoms with Gasteiger partial charge in [-0.25, -0.2) is 0 Å². The zero-order chi connectivity index (χ0) is 12.5. The molecule has 0 N–H and O–H groups in total. The molecule has 0 spiro atoms. The quantitative estimate of drug-likeness (QED) is 0.800. The Morgan fingerprint density at radius 3 is 3.06 bits per heavy atom. The Morgan fingerprint density at radius 1 is 1.39 bits per heavy atom. The van der Waals surface area contributed by atoms with Crippen molar-refractivity contribution >= 4 is 34.5 Å². The monoisotopic (exact) mass is 279 g/mol. The standard InChI is InChI=1S/C13H10ClNO2S/c14-9-3-4-11-10(8-9)15(5-6-17-11)13(16)12-2-1-7-18-12/h1-4,7-8H,5-6H2. The maximum atomic E-state index is 12.4. The van der Waals surface area contributed by atoms with Crippen molar-refractivity contribution in [2.45, 2.75) is 0 Å². The Bertz CT molecular complexity index is 583. The van der Waals surface area contributed by atoms with Gasteiger partial charge in [0.2, 0.25) is 0 Å². The van der Waals surface area contributed by atoms with Gasteiger partial charge in [-0.05, 0) is 29.6 Å². The highest BCUT2D eigenvalue weighted by atomic mass is 35.5. The predicted molar refractivity (Wildman–Crippen MR) is 72.9 cm³/mol. The number of fused-ring (bicyclic) bond motifs is 1. The molecule has 1 aromatic heterocycles. The summed E-state index contributed by atoms with van der Waals surface area (Å²) in [4.78, 5) is 14.8. The van der Waals surface area contributed by atoms with E-state index in [9.17, 15) is 4.79 Å². The molecule has 0 bridgehead atoms. The van der Waals surface area contributed by atoms with Crippen molar-refractivity contribution in [1.29, 1.82) is 0 Å². The van der Waals surface area contributed by atoms with E-state index in [1.165, 1.54) is 11.3 Å². The molecule has 0 fully saturated rings. The summed E-state index contributed by atoms with van der Waals surface area (Å²) in [5, 5.41) is 2.50. The number of thiophene rings is 1. The second kappa shape index (κ2) is 4.63. The molecule has 0 atom stereocenters. The van der Waals surface area contributed by atoms with Crippen LogP contribution in [-0.2, 0) is 0 Å². The van der Waals surface area contributed by atoms with Gasteiger partial charge in [0.25, 0.3) is 5.91 Å². The number of halogens is 1. The molecule has 0 radical (unpaired) electrons. The van der Waals surface area contributed by atoms with Gasteiger partial charge in [-0.3, -0.25) is 4.79 Å². The summed E-state index contributed by atoms with van der Waals surface area (Å²) in [6, 6.07) is 9.02. The number of hydrogen-bond donors (Lipinski definition) is 0. The van der Waals surface area contributed by atoms with Crippen LogP contribution < -0.4 is 9.64 Å². The lowest BCUT2D eigenvalue weighted by atomic mass is 10.2. The largest absolute Gasteiger partial charge is 0.490 e. The lowest BCUT2D eigenvalue weighted by molar-refractivity contribution is 0.0980. The molecule has 0 saturated carbocycles. The Labute approximate surface area is 114 Å². The first-order chi connectivity index (χ1) is 8.75.